The number of aromatic amines is 1. The fourth-order valence-electron chi connectivity index (χ4n) is 2.48. The molecule has 0 radical (unpaired) electrons. The van der Waals surface area contributed by atoms with Crippen molar-refractivity contribution in [2.24, 2.45) is 0 Å². The molecule has 104 valence electrons. The van der Waals surface area contributed by atoms with E-state index in [1.165, 1.54) is 6.33 Å². The van der Waals surface area contributed by atoms with Crippen molar-refractivity contribution in [3.63, 3.8) is 0 Å². The van der Waals surface area contributed by atoms with Gasteiger partial charge in [-0.2, -0.15) is 0 Å². The molecule has 1 amide bonds. The van der Waals surface area contributed by atoms with E-state index in [2.05, 4.69) is 30.6 Å². The van der Waals surface area contributed by atoms with Crippen molar-refractivity contribution in [3.8, 4) is 0 Å². The third kappa shape index (κ3) is 2.08. The van der Waals surface area contributed by atoms with Crippen LogP contribution < -0.4 is 10.6 Å². The van der Waals surface area contributed by atoms with Gasteiger partial charge in [0.2, 0.25) is 5.91 Å². The lowest BCUT2D eigenvalue weighted by Gasteiger charge is -2.07. The van der Waals surface area contributed by atoms with Gasteiger partial charge in [-0.3, -0.25) is 4.79 Å². The van der Waals surface area contributed by atoms with E-state index in [1.807, 2.05) is 18.2 Å². The Morgan fingerprint density at radius 3 is 3.14 bits per heavy atom. The van der Waals surface area contributed by atoms with Crippen molar-refractivity contribution >= 4 is 28.6 Å². The second-order valence-corrected chi connectivity index (χ2v) is 4.89. The van der Waals surface area contributed by atoms with Gasteiger partial charge in [-0.05, 0) is 17.2 Å². The third-order valence-electron chi connectivity index (χ3n) is 3.48. The van der Waals surface area contributed by atoms with Crippen LogP contribution in [0.25, 0.3) is 11.2 Å². The summed E-state index contributed by atoms with van der Waals surface area (Å²) in [6.07, 6.45) is 3.52. The molecule has 3 N–H and O–H groups in total. The minimum atomic E-state index is 0.0464. The lowest BCUT2D eigenvalue weighted by Crippen LogP contribution is -2.03. The molecule has 0 fully saturated rings. The summed E-state index contributed by atoms with van der Waals surface area (Å²) in [6.45, 7) is 0.618. The number of rotatable bonds is 3. The van der Waals surface area contributed by atoms with Crippen LogP contribution in [0.3, 0.4) is 0 Å². The summed E-state index contributed by atoms with van der Waals surface area (Å²) >= 11 is 0. The zero-order chi connectivity index (χ0) is 14.2. The number of hydrogen-bond donors (Lipinski definition) is 3. The van der Waals surface area contributed by atoms with Crippen molar-refractivity contribution in [3.05, 3.63) is 42.0 Å². The molecule has 3 heterocycles. The van der Waals surface area contributed by atoms with Crippen molar-refractivity contribution in [2.45, 2.75) is 13.0 Å². The molecule has 0 aliphatic carbocycles. The number of aromatic nitrogens is 4. The van der Waals surface area contributed by atoms with Crippen LogP contribution >= 0.6 is 0 Å². The van der Waals surface area contributed by atoms with Crippen LogP contribution in [0.5, 0.6) is 0 Å². The first-order valence-corrected chi connectivity index (χ1v) is 6.59. The SMILES string of the molecule is O=C1Cc2cc(CNc3ncnc4nc[nH]c34)ccc2N1. The Balaban J connectivity index is 1.56. The molecule has 0 atom stereocenters. The highest BCUT2D eigenvalue weighted by molar-refractivity contribution is 5.99. The lowest BCUT2D eigenvalue weighted by molar-refractivity contribution is -0.115. The molecule has 0 saturated heterocycles. The van der Waals surface area contributed by atoms with Crippen LogP contribution in [0.4, 0.5) is 11.5 Å². The molecule has 0 saturated carbocycles. The van der Waals surface area contributed by atoms with E-state index in [0.29, 0.717) is 24.4 Å². The second-order valence-electron chi connectivity index (χ2n) is 4.89. The van der Waals surface area contributed by atoms with E-state index in [9.17, 15) is 4.79 Å². The fourth-order valence-corrected chi connectivity index (χ4v) is 2.48. The van der Waals surface area contributed by atoms with E-state index in [1.54, 1.807) is 6.33 Å². The average molecular weight is 280 g/mol. The van der Waals surface area contributed by atoms with E-state index in [-0.39, 0.29) is 5.91 Å². The molecule has 1 aromatic carbocycles. The summed E-state index contributed by atoms with van der Waals surface area (Å²) < 4.78 is 0. The number of imidazole rings is 1. The molecular weight excluding hydrogens is 268 g/mol. The lowest BCUT2D eigenvalue weighted by atomic mass is 10.1. The van der Waals surface area contributed by atoms with Gasteiger partial charge in [-0.15, -0.1) is 0 Å². The zero-order valence-corrected chi connectivity index (χ0v) is 11.1. The molecule has 2 aromatic heterocycles. The summed E-state index contributed by atoms with van der Waals surface area (Å²) in [5.41, 5.74) is 4.46. The Hall–Kier alpha value is -2.96. The van der Waals surface area contributed by atoms with E-state index in [4.69, 9.17) is 0 Å². The quantitative estimate of drug-likeness (QED) is 0.675. The normalized spacial score (nSPS) is 13.2. The maximum atomic E-state index is 11.4. The van der Waals surface area contributed by atoms with Crippen LogP contribution in [-0.4, -0.2) is 25.8 Å². The number of nitrogens with zero attached hydrogens (tertiary/aromatic N) is 3. The third-order valence-corrected chi connectivity index (χ3v) is 3.48. The molecule has 7 heteroatoms. The van der Waals surface area contributed by atoms with Crippen LogP contribution in [0.1, 0.15) is 11.1 Å². The molecule has 0 bridgehead atoms. The molecular formula is C14H12N6O. The summed E-state index contributed by atoms with van der Waals surface area (Å²) in [4.78, 5) is 26.8. The van der Waals surface area contributed by atoms with E-state index in [0.717, 1.165) is 22.3 Å². The Morgan fingerprint density at radius 1 is 1.24 bits per heavy atom. The van der Waals surface area contributed by atoms with Gasteiger partial charge in [0, 0.05) is 12.2 Å². The van der Waals surface area contributed by atoms with Crippen molar-refractivity contribution in [1.29, 1.82) is 0 Å². The maximum absolute atomic E-state index is 11.4. The topological polar surface area (TPSA) is 95.6 Å². The molecule has 0 unspecified atom stereocenters. The van der Waals surface area contributed by atoms with Crippen LogP contribution in [0.15, 0.2) is 30.9 Å². The van der Waals surface area contributed by atoms with Gasteiger partial charge in [0.1, 0.15) is 11.8 Å². The first-order chi connectivity index (χ1) is 10.3. The number of carbonyl (C=O) groups excluding carboxylic acids is 1. The molecule has 0 spiro atoms. The minimum absolute atomic E-state index is 0.0464. The molecule has 4 rings (SSSR count). The Labute approximate surface area is 119 Å². The monoisotopic (exact) mass is 280 g/mol. The number of fused-ring (bicyclic) bond motifs is 2. The maximum Gasteiger partial charge on any atom is 0.228 e. The molecule has 1 aliphatic rings. The number of benzene rings is 1. The van der Waals surface area contributed by atoms with Crippen LogP contribution in [0, 0.1) is 0 Å². The molecule has 1 aliphatic heterocycles. The Morgan fingerprint density at radius 2 is 2.19 bits per heavy atom. The Kier molecular flexibility index (Phi) is 2.56. The highest BCUT2D eigenvalue weighted by atomic mass is 16.1. The van der Waals surface area contributed by atoms with Crippen molar-refractivity contribution < 1.29 is 4.79 Å². The van der Waals surface area contributed by atoms with Crippen molar-refractivity contribution in [1.82, 2.24) is 19.9 Å². The first kappa shape index (κ1) is 11.8. The summed E-state index contributed by atoms with van der Waals surface area (Å²) in [7, 11) is 0. The minimum Gasteiger partial charge on any atom is -0.364 e. The van der Waals surface area contributed by atoms with Gasteiger partial charge < -0.3 is 15.6 Å². The van der Waals surface area contributed by atoms with E-state index < -0.39 is 0 Å². The number of amides is 1. The van der Waals surface area contributed by atoms with Gasteiger partial charge in [-0.1, -0.05) is 12.1 Å². The number of nitrogens with one attached hydrogen (secondary N) is 3. The smallest absolute Gasteiger partial charge is 0.228 e. The number of H-pyrrole nitrogens is 1. The Bertz CT molecular complexity index is 840. The highest BCUT2D eigenvalue weighted by Gasteiger charge is 2.17. The predicted octanol–water partition coefficient (Wildman–Crippen LogP) is 1.46. The van der Waals surface area contributed by atoms with Gasteiger partial charge in [0.25, 0.3) is 0 Å². The highest BCUT2D eigenvalue weighted by Crippen LogP contribution is 2.24. The van der Waals surface area contributed by atoms with Gasteiger partial charge in [0.15, 0.2) is 11.5 Å². The molecule has 21 heavy (non-hydrogen) atoms. The molecule has 7 nitrogen and oxygen atoms in total. The standard InChI is InChI=1S/C14H12N6O/c21-11-4-9-3-8(1-2-10(9)20-11)5-15-13-12-14(17-6-16-12)19-7-18-13/h1-3,6-7H,4-5H2,(H,20,21)(H2,15,16,17,18,19). The van der Waals surface area contributed by atoms with Crippen LogP contribution in [0.2, 0.25) is 0 Å². The van der Waals surface area contributed by atoms with Gasteiger partial charge >= 0.3 is 0 Å². The second kappa shape index (κ2) is 4.55. The number of hydrogen-bond acceptors (Lipinski definition) is 5. The van der Waals surface area contributed by atoms with Crippen LogP contribution in [-0.2, 0) is 17.8 Å². The first-order valence-electron chi connectivity index (χ1n) is 6.59. The summed E-state index contributed by atoms with van der Waals surface area (Å²) in [5, 5.41) is 6.09. The average Bonchev–Trinajstić information content (AvgIpc) is 3.09. The fraction of sp³-hybridized carbons (Fsp3) is 0.143. The number of anilines is 2. The van der Waals surface area contributed by atoms with Gasteiger partial charge in [-0.25, -0.2) is 15.0 Å². The number of carbonyl (C=O) groups is 1. The largest absolute Gasteiger partial charge is 0.364 e. The van der Waals surface area contributed by atoms with Crippen molar-refractivity contribution in [2.75, 3.05) is 10.6 Å². The zero-order valence-electron chi connectivity index (χ0n) is 11.1. The van der Waals surface area contributed by atoms with E-state index >= 15 is 0 Å². The van der Waals surface area contributed by atoms with Gasteiger partial charge in [0.05, 0.1) is 12.7 Å². The predicted molar refractivity (Wildman–Crippen MR) is 77.8 cm³/mol. The summed E-state index contributed by atoms with van der Waals surface area (Å²) in [6, 6.07) is 5.96. The molecule has 3 aromatic rings. The summed E-state index contributed by atoms with van der Waals surface area (Å²) in [5.74, 6) is 0.761.